The molecule has 1 fully saturated rings. The van der Waals surface area contributed by atoms with Crippen molar-refractivity contribution in [3.05, 3.63) is 0 Å². The number of ether oxygens (including phenoxy) is 2. The van der Waals surface area contributed by atoms with Gasteiger partial charge >= 0.3 is 0 Å². The SMILES string of the molecule is CC[C@@H](CO)CC[C@@H](C)O[C@@H]1CCCCO1. The number of hydrogen-bond acceptors (Lipinski definition) is 3. The Morgan fingerprint density at radius 1 is 1.38 bits per heavy atom. The molecule has 0 aliphatic carbocycles. The lowest BCUT2D eigenvalue weighted by Crippen LogP contribution is -2.26. The molecule has 96 valence electrons. The molecule has 1 aliphatic heterocycles. The molecule has 3 heteroatoms. The monoisotopic (exact) mass is 230 g/mol. The zero-order valence-electron chi connectivity index (χ0n) is 10.7. The van der Waals surface area contributed by atoms with Gasteiger partial charge in [-0.15, -0.1) is 0 Å². The molecule has 0 amide bonds. The summed E-state index contributed by atoms with van der Waals surface area (Å²) in [6, 6.07) is 0. The summed E-state index contributed by atoms with van der Waals surface area (Å²) in [6.45, 7) is 5.35. The summed E-state index contributed by atoms with van der Waals surface area (Å²) >= 11 is 0. The molecule has 0 bridgehead atoms. The summed E-state index contributed by atoms with van der Waals surface area (Å²) in [4.78, 5) is 0. The highest BCUT2D eigenvalue weighted by molar-refractivity contribution is 4.61. The maximum atomic E-state index is 9.09. The lowest BCUT2D eigenvalue weighted by Gasteiger charge is -2.26. The van der Waals surface area contributed by atoms with Gasteiger partial charge in [0.05, 0.1) is 6.10 Å². The molecule has 1 heterocycles. The second-order valence-electron chi connectivity index (χ2n) is 4.78. The number of aliphatic hydroxyl groups excluding tert-OH is 1. The predicted octanol–water partition coefficient (Wildman–Crippen LogP) is 2.72. The fraction of sp³-hybridized carbons (Fsp3) is 1.00. The smallest absolute Gasteiger partial charge is 0.157 e. The first-order valence-corrected chi connectivity index (χ1v) is 6.64. The van der Waals surface area contributed by atoms with Crippen LogP contribution in [0.3, 0.4) is 0 Å². The molecule has 0 aromatic heterocycles. The van der Waals surface area contributed by atoms with E-state index in [0.717, 1.165) is 38.7 Å². The molecule has 0 radical (unpaired) electrons. The van der Waals surface area contributed by atoms with Gasteiger partial charge in [0.25, 0.3) is 0 Å². The third-order valence-electron chi connectivity index (χ3n) is 3.34. The molecule has 1 rings (SSSR count). The minimum atomic E-state index is 0.0120. The van der Waals surface area contributed by atoms with Crippen LogP contribution >= 0.6 is 0 Å². The van der Waals surface area contributed by atoms with Gasteiger partial charge in [-0.2, -0.15) is 0 Å². The van der Waals surface area contributed by atoms with Gasteiger partial charge in [0, 0.05) is 13.2 Å². The van der Waals surface area contributed by atoms with Crippen LogP contribution in [0.25, 0.3) is 0 Å². The molecule has 0 aromatic carbocycles. The molecular formula is C13H26O3. The van der Waals surface area contributed by atoms with E-state index in [1.54, 1.807) is 0 Å². The minimum absolute atomic E-state index is 0.0120. The first kappa shape index (κ1) is 13.9. The van der Waals surface area contributed by atoms with E-state index in [0.29, 0.717) is 12.5 Å². The molecule has 0 spiro atoms. The van der Waals surface area contributed by atoms with E-state index < -0.39 is 0 Å². The van der Waals surface area contributed by atoms with Crippen LogP contribution in [-0.2, 0) is 9.47 Å². The molecular weight excluding hydrogens is 204 g/mol. The standard InChI is InChI=1S/C13H26O3/c1-3-12(10-14)8-7-11(2)16-13-6-4-5-9-15-13/h11-14H,3-10H2,1-2H3/t11-,12-,13-/m1/s1. The summed E-state index contributed by atoms with van der Waals surface area (Å²) in [7, 11) is 0. The zero-order valence-corrected chi connectivity index (χ0v) is 10.7. The van der Waals surface area contributed by atoms with Gasteiger partial charge in [-0.25, -0.2) is 0 Å². The van der Waals surface area contributed by atoms with Crippen LogP contribution in [0.4, 0.5) is 0 Å². The van der Waals surface area contributed by atoms with Gasteiger partial charge in [-0.1, -0.05) is 13.3 Å². The summed E-state index contributed by atoms with van der Waals surface area (Å²) < 4.78 is 11.4. The van der Waals surface area contributed by atoms with Crippen molar-refractivity contribution in [3.63, 3.8) is 0 Å². The van der Waals surface area contributed by atoms with Gasteiger partial charge in [0.2, 0.25) is 0 Å². The lowest BCUT2D eigenvalue weighted by molar-refractivity contribution is -0.186. The molecule has 0 unspecified atom stereocenters. The van der Waals surface area contributed by atoms with E-state index in [1.807, 2.05) is 0 Å². The first-order valence-electron chi connectivity index (χ1n) is 6.64. The topological polar surface area (TPSA) is 38.7 Å². The van der Waals surface area contributed by atoms with Crippen molar-refractivity contribution >= 4 is 0 Å². The van der Waals surface area contributed by atoms with Gasteiger partial charge in [0.15, 0.2) is 6.29 Å². The van der Waals surface area contributed by atoms with Crippen molar-refractivity contribution in [2.24, 2.45) is 5.92 Å². The third-order valence-corrected chi connectivity index (χ3v) is 3.34. The van der Waals surface area contributed by atoms with Crippen molar-refractivity contribution in [3.8, 4) is 0 Å². The fourth-order valence-electron chi connectivity index (χ4n) is 2.04. The van der Waals surface area contributed by atoms with E-state index in [4.69, 9.17) is 14.6 Å². The minimum Gasteiger partial charge on any atom is -0.396 e. The molecule has 1 saturated heterocycles. The Morgan fingerprint density at radius 2 is 2.19 bits per heavy atom. The van der Waals surface area contributed by atoms with E-state index >= 15 is 0 Å². The summed E-state index contributed by atoms with van der Waals surface area (Å²) in [5.74, 6) is 0.429. The van der Waals surface area contributed by atoms with Crippen LogP contribution < -0.4 is 0 Å². The average molecular weight is 230 g/mol. The Labute approximate surface area is 99.1 Å². The van der Waals surface area contributed by atoms with E-state index in [2.05, 4.69) is 13.8 Å². The number of hydrogen-bond donors (Lipinski definition) is 1. The molecule has 16 heavy (non-hydrogen) atoms. The predicted molar refractivity (Wildman–Crippen MR) is 64.2 cm³/mol. The fourth-order valence-corrected chi connectivity index (χ4v) is 2.04. The summed E-state index contributed by atoms with van der Waals surface area (Å²) in [5.41, 5.74) is 0. The highest BCUT2D eigenvalue weighted by Crippen LogP contribution is 2.19. The van der Waals surface area contributed by atoms with Crippen molar-refractivity contribution in [1.82, 2.24) is 0 Å². The molecule has 0 saturated carbocycles. The van der Waals surface area contributed by atoms with Crippen molar-refractivity contribution < 1.29 is 14.6 Å². The van der Waals surface area contributed by atoms with Crippen molar-refractivity contribution in [2.45, 2.75) is 64.8 Å². The van der Waals surface area contributed by atoms with Crippen LogP contribution in [0.5, 0.6) is 0 Å². The number of aliphatic hydroxyl groups is 1. The van der Waals surface area contributed by atoms with E-state index in [9.17, 15) is 0 Å². The Balaban J connectivity index is 2.11. The second-order valence-corrected chi connectivity index (χ2v) is 4.78. The zero-order chi connectivity index (χ0) is 11.8. The second kappa shape index (κ2) is 8.04. The van der Waals surface area contributed by atoms with Gasteiger partial charge in [-0.3, -0.25) is 0 Å². The molecule has 1 N–H and O–H groups in total. The summed E-state index contributed by atoms with van der Waals surface area (Å²) in [5, 5.41) is 9.09. The van der Waals surface area contributed by atoms with Gasteiger partial charge in [0.1, 0.15) is 0 Å². The van der Waals surface area contributed by atoms with Crippen LogP contribution in [-0.4, -0.2) is 30.7 Å². The van der Waals surface area contributed by atoms with Crippen molar-refractivity contribution in [1.29, 1.82) is 0 Å². The molecule has 3 atom stereocenters. The molecule has 1 aliphatic rings. The first-order chi connectivity index (χ1) is 7.76. The highest BCUT2D eigenvalue weighted by Gasteiger charge is 2.17. The lowest BCUT2D eigenvalue weighted by atomic mass is 10.00. The number of rotatable bonds is 7. The Morgan fingerprint density at radius 3 is 2.75 bits per heavy atom. The normalized spacial score (nSPS) is 25.3. The van der Waals surface area contributed by atoms with E-state index in [-0.39, 0.29) is 12.4 Å². The molecule has 0 aromatic rings. The highest BCUT2D eigenvalue weighted by atomic mass is 16.7. The Kier molecular flexibility index (Phi) is 7.01. The maximum Gasteiger partial charge on any atom is 0.157 e. The van der Waals surface area contributed by atoms with Gasteiger partial charge in [-0.05, 0) is 44.9 Å². The Hall–Kier alpha value is -0.120. The third kappa shape index (κ3) is 5.28. The van der Waals surface area contributed by atoms with Crippen LogP contribution in [0.1, 0.15) is 52.4 Å². The Bertz CT molecular complexity index is 163. The van der Waals surface area contributed by atoms with Crippen LogP contribution in [0.15, 0.2) is 0 Å². The van der Waals surface area contributed by atoms with E-state index in [1.165, 1.54) is 6.42 Å². The van der Waals surface area contributed by atoms with Crippen molar-refractivity contribution in [2.75, 3.05) is 13.2 Å². The molecule has 3 nitrogen and oxygen atoms in total. The van der Waals surface area contributed by atoms with Crippen LogP contribution in [0, 0.1) is 5.92 Å². The summed E-state index contributed by atoms with van der Waals surface area (Å²) in [6.07, 6.45) is 6.76. The average Bonchev–Trinajstić information content (AvgIpc) is 2.31. The van der Waals surface area contributed by atoms with Crippen LogP contribution in [0.2, 0.25) is 0 Å². The van der Waals surface area contributed by atoms with Gasteiger partial charge < -0.3 is 14.6 Å². The largest absolute Gasteiger partial charge is 0.396 e. The quantitative estimate of drug-likeness (QED) is 0.731. The maximum absolute atomic E-state index is 9.09.